The topological polar surface area (TPSA) is 78.9 Å². The highest BCUT2D eigenvalue weighted by Gasteiger charge is 2.41. The lowest BCUT2D eigenvalue weighted by Crippen LogP contribution is -2.58. The predicted octanol–water partition coefficient (Wildman–Crippen LogP) is 1.65. The van der Waals surface area contributed by atoms with E-state index in [-0.39, 0.29) is 19.1 Å². The summed E-state index contributed by atoms with van der Waals surface area (Å²) in [6, 6.07) is -0.758. The number of hydrogen-bond donors (Lipinski definition) is 2. The van der Waals surface area contributed by atoms with Gasteiger partial charge in [0.25, 0.3) is 5.91 Å². The molecule has 1 rings (SSSR count). The lowest BCUT2D eigenvalue weighted by molar-refractivity contribution is -0.152. The number of alkyl halides is 1. The number of carbonyl (C=O) groups is 2. The fourth-order valence-corrected chi connectivity index (χ4v) is 2.50. The van der Waals surface area contributed by atoms with Crippen LogP contribution >= 0.6 is 0 Å². The number of nitrogens with zero attached hydrogens (tertiary/aromatic N) is 1. The average Bonchev–Trinajstić information content (AvgIpc) is 2.86. The Labute approximate surface area is 150 Å². The number of aliphatic hydroxyl groups is 1. The van der Waals surface area contributed by atoms with Gasteiger partial charge in [-0.05, 0) is 39.5 Å². The number of β-amino-alcohol motifs (C(OH)–C–C–N with tert-alkyl or cyclic N) is 1. The van der Waals surface area contributed by atoms with Crippen molar-refractivity contribution in [2.24, 2.45) is 5.41 Å². The third-order valence-corrected chi connectivity index (χ3v) is 4.19. The van der Waals surface area contributed by atoms with E-state index in [1.54, 1.807) is 18.7 Å². The summed E-state index contributed by atoms with van der Waals surface area (Å²) in [7, 11) is 0. The number of carbonyl (C=O) groups excluding carboxylic acids is 2. The maximum Gasteiger partial charge on any atom is 0.252 e. The smallest absolute Gasteiger partial charge is 0.252 e. The molecule has 0 saturated carbocycles. The van der Waals surface area contributed by atoms with E-state index in [0.717, 1.165) is 0 Å². The molecule has 1 heterocycles. The van der Waals surface area contributed by atoms with Crippen molar-refractivity contribution in [2.75, 3.05) is 19.7 Å². The summed E-state index contributed by atoms with van der Waals surface area (Å²) < 4.78 is 19.1. The molecule has 0 radical (unpaired) electrons. The van der Waals surface area contributed by atoms with Crippen molar-refractivity contribution in [3.8, 4) is 0 Å². The summed E-state index contributed by atoms with van der Waals surface area (Å²) in [6.07, 6.45) is 0.0170. The number of aliphatic hydroxyl groups excluding tert-OH is 1. The van der Waals surface area contributed by atoms with Gasteiger partial charge >= 0.3 is 0 Å². The third kappa shape index (κ3) is 6.55. The molecule has 0 aromatic rings. The van der Waals surface area contributed by atoms with Crippen LogP contribution in [0.2, 0.25) is 0 Å². The zero-order chi connectivity index (χ0) is 19.6. The second kappa shape index (κ2) is 7.58. The van der Waals surface area contributed by atoms with Crippen LogP contribution < -0.4 is 5.32 Å². The number of halogens is 1. The van der Waals surface area contributed by atoms with E-state index < -0.39 is 34.7 Å². The average molecular weight is 360 g/mol. The van der Waals surface area contributed by atoms with Gasteiger partial charge in [0, 0.05) is 13.1 Å². The molecule has 0 aromatic heterocycles. The largest absolute Gasteiger partial charge is 0.391 e. The molecule has 25 heavy (non-hydrogen) atoms. The summed E-state index contributed by atoms with van der Waals surface area (Å²) in [5.74, 6) is -0.691. The molecule has 146 valence electrons. The number of amides is 2. The summed E-state index contributed by atoms with van der Waals surface area (Å²) in [5.41, 5.74) is -3.34. The highest BCUT2D eigenvalue weighted by Crippen LogP contribution is 2.24. The van der Waals surface area contributed by atoms with Crippen LogP contribution in [0, 0.1) is 5.41 Å². The van der Waals surface area contributed by atoms with Crippen LogP contribution in [0.15, 0.2) is 0 Å². The van der Waals surface area contributed by atoms with Crippen LogP contribution in [0.4, 0.5) is 4.39 Å². The van der Waals surface area contributed by atoms with Gasteiger partial charge in [0.2, 0.25) is 5.91 Å². The summed E-state index contributed by atoms with van der Waals surface area (Å²) in [4.78, 5) is 27.0. The van der Waals surface area contributed by atoms with Gasteiger partial charge in [-0.15, -0.1) is 0 Å². The molecule has 1 aliphatic rings. The molecule has 1 aliphatic heterocycles. The molecule has 1 fully saturated rings. The predicted molar refractivity (Wildman–Crippen MR) is 93.8 cm³/mol. The summed E-state index contributed by atoms with van der Waals surface area (Å²) >= 11 is 0. The Hall–Kier alpha value is -1.21. The second-order valence-corrected chi connectivity index (χ2v) is 9.02. The Balaban J connectivity index is 2.84. The van der Waals surface area contributed by atoms with Gasteiger partial charge in [0.1, 0.15) is 17.3 Å². The van der Waals surface area contributed by atoms with Crippen molar-refractivity contribution in [1.29, 1.82) is 0 Å². The first kappa shape index (κ1) is 21.8. The lowest BCUT2D eigenvalue weighted by atomic mass is 9.85. The number of hydrogen-bond acceptors (Lipinski definition) is 4. The van der Waals surface area contributed by atoms with Crippen LogP contribution in [0.5, 0.6) is 0 Å². The zero-order valence-corrected chi connectivity index (χ0v) is 16.5. The highest BCUT2D eigenvalue weighted by molar-refractivity contribution is 5.91. The molecular weight excluding hydrogens is 327 g/mol. The van der Waals surface area contributed by atoms with E-state index >= 15 is 0 Å². The third-order valence-electron chi connectivity index (χ3n) is 4.19. The SMILES string of the molecule is CC(C)(F)COC(C)(C)C(=O)NC(C(=O)N1CCC(O)C1)C(C)(C)C. The molecule has 2 atom stereocenters. The molecule has 2 amide bonds. The second-order valence-electron chi connectivity index (χ2n) is 9.02. The van der Waals surface area contributed by atoms with E-state index in [2.05, 4.69) is 5.32 Å². The molecule has 0 aliphatic carbocycles. The molecule has 0 aromatic carbocycles. The van der Waals surface area contributed by atoms with Gasteiger partial charge in [0.15, 0.2) is 0 Å². The zero-order valence-electron chi connectivity index (χ0n) is 16.5. The van der Waals surface area contributed by atoms with Gasteiger partial charge < -0.3 is 20.1 Å². The fourth-order valence-electron chi connectivity index (χ4n) is 2.50. The minimum atomic E-state index is -1.55. The van der Waals surface area contributed by atoms with Crippen LogP contribution in [0.1, 0.15) is 54.9 Å². The van der Waals surface area contributed by atoms with E-state index in [9.17, 15) is 19.1 Å². The number of ether oxygens (including phenoxy) is 1. The van der Waals surface area contributed by atoms with Crippen molar-refractivity contribution in [3.05, 3.63) is 0 Å². The molecule has 1 saturated heterocycles. The van der Waals surface area contributed by atoms with E-state index in [4.69, 9.17) is 4.74 Å². The lowest BCUT2D eigenvalue weighted by Gasteiger charge is -2.36. The van der Waals surface area contributed by atoms with Crippen molar-refractivity contribution >= 4 is 11.8 Å². The minimum absolute atomic E-state index is 0.222. The van der Waals surface area contributed by atoms with Gasteiger partial charge in [-0.3, -0.25) is 9.59 Å². The number of likely N-dealkylation sites (tertiary alicyclic amines) is 1. The molecule has 7 heteroatoms. The first-order valence-electron chi connectivity index (χ1n) is 8.74. The number of rotatable bonds is 6. The normalized spacial score (nSPS) is 20.5. The first-order chi connectivity index (χ1) is 11.1. The Bertz CT molecular complexity index is 494. The Kier molecular flexibility index (Phi) is 6.62. The molecule has 2 N–H and O–H groups in total. The molecule has 0 bridgehead atoms. The van der Waals surface area contributed by atoms with Crippen LogP contribution in [0.3, 0.4) is 0 Å². The summed E-state index contributed by atoms with van der Waals surface area (Å²) in [6.45, 7) is 12.0. The van der Waals surface area contributed by atoms with Gasteiger partial charge in [-0.1, -0.05) is 20.8 Å². The maximum absolute atomic E-state index is 13.7. The first-order valence-corrected chi connectivity index (χ1v) is 8.74. The summed E-state index contributed by atoms with van der Waals surface area (Å²) in [5, 5.41) is 12.4. The van der Waals surface area contributed by atoms with Crippen molar-refractivity contribution in [2.45, 2.75) is 78.3 Å². The Morgan fingerprint density at radius 2 is 1.80 bits per heavy atom. The van der Waals surface area contributed by atoms with E-state index in [1.165, 1.54) is 13.8 Å². The molecule has 0 spiro atoms. The van der Waals surface area contributed by atoms with Crippen molar-refractivity contribution < 1.29 is 23.8 Å². The highest BCUT2D eigenvalue weighted by atomic mass is 19.1. The molecule has 2 unspecified atom stereocenters. The van der Waals surface area contributed by atoms with Crippen LogP contribution in [0.25, 0.3) is 0 Å². The molecular formula is C18H33FN2O4. The van der Waals surface area contributed by atoms with E-state index in [0.29, 0.717) is 13.0 Å². The Morgan fingerprint density at radius 3 is 2.20 bits per heavy atom. The Morgan fingerprint density at radius 1 is 1.24 bits per heavy atom. The minimum Gasteiger partial charge on any atom is -0.391 e. The van der Waals surface area contributed by atoms with Crippen LogP contribution in [-0.4, -0.2) is 64.9 Å². The van der Waals surface area contributed by atoms with Crippen molar-refractivity contribution in [1.82, 2.24) is 10.2 Å². The van der Waals surface area contributed by atoms with Crippen molar-refractivity contribution in [3.63, 3.8) is 0 Å². The van der Waals surface area contributed by atoms with Gasteiger partial charge in [-0.25, -0.2) is 4.39 Å². The van der Waals surface area contributed by atoms with E-state index in [1.807, 2.05) is 20.8 Å². The maximum atomic E-state index is 13.7. The molecule has 6 nitrogen and oxygen atoms in total. The monoisotopic (exact) mass is 360 g/mol. The van der Waals surface area contributed by atoms with Gasteiger partial charge in [-0.2, -0.15) is 0 Å². The number of nitrogens with one attached hydrogen (secondary N) is 1. The van der Waals surface area contributed by atoms with Crippen LogP contribution in [-0.2, 0) is 14.3 Å². The standard InChI is InChI=1S/C18H33FN2O4/c1-16(2,3)13(14(23)21-9-8-12(22)10-21)20-15(24)18(6,7)25-11-17(4,5)19/h12-13,22H,8-11H2,1-7H3,(H,20,24). The van der Waals surface area contributed by atoms with Gasteiger partial charge in [0.05, 0.1) is 12.7 Å². The quantitative estimate of drug-likeness (QED) is 0.755. The fraction of sp³-hybridized carbons (Fsp3) is 0.889.